The topological polar surface area (TPSA) is 79.4 Å². The third kappa shape index (κ3) is 3.54. The molecule has 1 aromatic rings. The van der Waals surface area contributed by atoms with Crippen LogP contribution in [-0.4, -0.2) is 46.6 Å². The van der Waals surface area contributed by atoms with Gasteiger partial charge in [-0.1, -0.05) is 6.92 Å². The molecule has 1 saturated heterocycles. The summed E-state index contributed by atoms with van der Waals surface area (Å²) in [5.74, 6) is -0.0170. The average molecular weight is 339 g/mol. The van der Waals surface area contributed by atoms with Gasteiger partial charge in [-0.05, 0) is 19.4 Å². The first-order valence-corrected chi connectivity index (χ1v) is 8.56. The van der Waals surface area contributed by atoms with E-state index in [1.54, 1.807) is 23.4 Å². The second-order valence-electron chi connectivity index (χ2n) is 6.36. The van der Waals surface area contributed by atoms with Crippen molar-refractivity contribution in [3.05, 3.63) is 40.9 Å². The minimum atomic E-state index is -0.192. The summed E-state index contributed by atoms with van der Waals surface area (Å²) in [5.41, 5.74) is 5.87. The summed E-state index contributed by atoms with van der Waals surface area (Å²) in [7, 11) is 0. The standard InChI is InChI=1S/C19H21N3O3/c1-3-13-9-17(12(2)21-18(13)24)14-8-15(11-20-10-14)19(25)22-6-4-16(23)5-7-22/h8,10-12H,3-7H2,1-2H3,(H,21,24). The zero-order valence-corrected chi connectivity index (χ0v) is 14.5. The molecule has 25 heavy (non-hydrogen) atoms. The molecule has 2 aliphatic rings. The van der Waals surface area contributed by atoms with E-state index in [1.165, 1.54) is 0 Å². The van der Waals surface area contributed by atoms with Gasteiger partial charge in [-0.2, -0.15) is 0 Å². The quantitative estimate of drug-likeness (QED) is 0.851. The van der Waals surface area contributed by atoms with Crippen molar-refractivity contribution in [3.8, 4) is 0 Å². The first-order valence-electron chi connectivity index (χ1n) is 8.56. The number of nitrogens with one attached hydrogen (secondary N) is 1. The number of rotatable bonds is 3. The summed E-state index contributed by atoms with van der Waals surface area (Å²) in [6.07, 6.45) is 4.64. The number of nitrogens with zero attached hydrogens (tertiary/aromatic N) is 2. The predicted octanol–water partition coefficient (Wildman–Crippen LogP) is 1.72. The molecule has 6 nitrogen and oxygen atoms in total. The van der Waals surface area contributed by atoms with E-state index in [0.717, 1.165) is 11.1 Å². The molecule has 0 spiro atoms. The average Bonchev–Trinajstić information content (AvgIpc) is 2.62. The van der Waals surface area contributed by atoms with Gasteiger partial charge >= 0.3 is 0 Å². The molecular formula is C19H21N3O3. The zero-order valence-electron chi connectivity index (χ0n) is 14.5. The van der Waals surface area contributed by atoms with E-state index >= 15 is 0 Å². The van der Waals surface area contributed by atoms with Crippen LogP contribution >= 0.6 is 0 Å². The van der Waals surface area contributed by atoms with Crippen molar-refractivity contribution in [1.82, 2.24) is 15.2 Å². The maximum Gasteiger partial charge on any atom is 0.255 e. The smallest absolute Gasteiger partial charge is 0.255 e. The van der Waals surface area contributed by atoms with Crippen molar-refractivity contribution in [3.63, 3.8) is 0 Å². The fourth-order valence-electron chi connectivity index (χ4n) is 3.10. The lowest BCUT2D eigenvalue weighted by Gasteiger charge is -2.26. The zero-order chi connectivity index (χ0) is 18.0. The molecule has 0 aromatic carbocycles. The molecule has 130 valence electrons. The van der Waals surface area contributed by atoms with Crippen LogP contribution in [0, 0.1) is 0 Å². The molecule has 1 atom stereocenters. The molecule has 0 radical (unpaired) electrons. The van der Waals surface area contributed by atoms with E-state index in [4.69, 9.17) is 0 Å². The summed E-state index contributed by atoms with van der Waals surface area (Å²) in [6, 6.07) is 1.59. The minimum Gasteiger partial charge on any atom is -0.345 e. The highest BCUT2D eigenvalue weighted by Gasteiger charge is 2.24. The van der Waals surface area contributed by atoms with E-state index in [9.17, 15) is 14.4 Å². The van der Waals surface area contributed by atoms with Gasteiger partial charge in [-0.3, -0.25) is 19.4 Å². The van der Waals surface area contributed by atoms with Gasteiger partial charge in [0.25, 0.3) is 11.8 Å². The molecule has 1 fully saturated rings. The molecule has 1 unspecified atom stereocenters. The van der Waals surface area contributed by atoms with Gasteiger partial charge in [0.05, 0.1) is 17.2 Å². The summed E-state index contributed by atoms with van der Waals surface area (Å²) < 4.78 is 0. The van der Waals surface area contributed by atoms with E-state index in [1.807, 2.05) is 13.8 Å². The number of amides is 2. The summed E-state index contributed by atoms with van der Waals surface area (Å²) in [6.45, 7) is 4.71. The number of Topliss-reactive ketones (excluding diaryl/α,β-unsaturated/α-hetero) is 1. The number of ketones is 1. The second-order valence-corrected chi connectivity index (χ2v) is 6.36. The number of carbonyl (C=O) groups excluding carboxylic acids is 3. The largest absolute Gasteiger partial charge is 0.345 e. The van der Waals surface area contributed by atoms with Crippen LogP contribution in [0.2, 0.25) is 0 Å². The fourth-order valence-corrected chi connectivity index (χ4v) is 3.10. The number of aromatic nitrogens is 1. The van der Waals surface area contributed by atoms with Crippen LogP contribution in [0.4, 0.5) is 0 Å². The Morgan fingerprint density at radius 1 is 1.32 bits per heavy atom. The van der Waals surface area contributed by atoms with Crippen LogP contribution in [0.25, 0.3) is 5.57 Å². The molecule has 1 aromatic heterocycles. The Kier molecular flexibility index (Phi) is 4.81. The number of hydrogen-bond acceptors (Lipinski definition) is 4. The second kappa shape index (κ2) is 7.03. The molecule has 2 amide bonds. The molecule has 1 N–H and O–H groups in total. The Morgan fingerprint density at radius 2 is 2.04 bits per heavy atom. The monoisotopic (exact) mass is 339 g/mol. The van der Waals surface area contributed by atoms with Crippen LogP contribution in [0.3, 0.4) is 0 Å². The van der Waals surface area contributed by atoms with Gasteiger partial charge in [-0.25, -0.2) is 0 Å². The number of carbonyl (C=O) groups is 3. The van der Waals surface area contributed by atoms with Crippen molar-refractivity contribution in [1.29, 1.82) is 0 Å². The summed E-state index contributed by atoms with van der Waals surface area (Å²) >= 11 is 0. The highest BCUT2D eigenvalue weighted by molar-refractivity contribution is 5.99. The Morgan fingerprint density at radius 3 is 2.72 bits per heavy atom. The minimum absolute atomic E-state index is 0.100. The first-order chi connectivity index (χ1) is 12.0. The lowest BCUT2D eigenvalue weighted by molar-refractivity contribution is -0.121. The van der Waals surface area contributed by atoms with Crippen LogP contribution in [-0.2, 0) is 9.59 Å². The van der Waals surface area contributed by atoms with Gasteiger partial charge in [0.2, 0.25) is 0 Å². The number of pyridine rings is 1. The van der Waals surface area contributed by atoms with E-state index in [-0.39, 0.29) is 23.6 Å². The molecule has 3 rings (SSSR count). The maximum absolute atomic E-state index is 12.7. The SMILES string of the molecule is CCC1=C=C(c2cncc(C(=O)N3CCC(=O)CC3)c2)C(C)NC1=O. The van der Waals surface area contributed by atoms with Gasteiger partial charge in [-0.15, -0.1) is 5.73 Å². The normalized spacial score (nSPS) is 20.7. The highest BCUT2D eigenvalue weighted by atomic mass is 16.2. The molecule has 6 heteroatoms. The molecular weight excluding hydrogens is 318 g/mol. The molecule has 2 aliphatic heterocycles. The van der Waals surface area contributed by atoms with Crippen molar-refractivity contribution in [2.75, 3.05) is 13.1 Å². The molecule has 0 saturated carbocycles. The number of piperidine rings is 1. The predicted molar refractivity (Wildman–Crippen MR) is 92.7 cm³/mol. The number of hydrogen-bond donors (Lipinski definition) is 1. The Balaban J connectivity index is 1.91. The van der Waals surface area contributed by atoms with Gasteiger partial charge < -0.3 is 10.2 Å². The van der Waals surface area contributed by atoms with E-state index < -0.39 is 0 Å². The van der Waals surface area contributed by atoms with E-state index in [0.29, 0.717) is 43.5 Å². The fraction of sp³-hybridized carbons (Fsp3) is 0.421. The molecule has 3 heterocycles. The third-order valence-corrected chi connectivity index (χ3v) is 4.60. The van der Waals surface area contributed by atoms with Crippen molar-refractivity contribution in [2.45, 2.75) is 39.2 Å². The maximum atomic E-state index is 12.7. The van der Waals surface area contributed by atoms with Gasteiger partial charge in [0.1, 0.15) is 5.78 Å². The first kappa shape index (κ1) is 17.1. The van der Waals surface area contributed by atoms with Gasteiger partial charge in [0.15, 0.2) is 0 Å². The Bertz CT molecular complexity index is 796. The Hall–Kier alpha value is -2.72. The lowest BCUT2D eigenvalue weighted by Crippen LogP contribution is -2.39. The lowest BCUT2D eigenvalue weighted by atomic mass is 9.95. The van der Waals surface area contributed by atoms with Crippen molar-refractivity contribution >= 4 is 23.2 Å². The molecule has 0 bridgehead atoms. The highest BCUT2D eigenvalue weighted by Crippen LogP contribution is 2.23. The van der Waals surface area contributed by atoms with E-state index in [2.05, 4.69) is 16.0 Å². The van der Waals surface area contributed by atoms with Crippen molar-refractivity contribution < 1.29 is 14.4 Å². The van der Waals surface area contributed by atoms with Crippen LogP contribution < -0.4 is 5.32 Å². The molecule has 0 aliphatic carbocycles. The van der Waals surface area contributed by atoms with Crippen LogP contribution in [0.1, 0.15) is 49.0 Å². The Labute approximate surface area is 146 Å². The van der Waals surface area contributed by atoms with Crippen LogP contribution in [0.15, 0.2) is 29.8 Å². The summed E-state index contributed by atoms with van der Waals surface area (Å²) in [4.78, 5) is 41.8. The van der Waals surface area contributed by atoms with Crippen molar-refractivity contribution in [2.24, 2.45) is 0 Å². The number of likely N-dealkylation sites (tertiary alicyclic amines) is 1. The summed E-state index contributed by atoms with van der Waals surface area (Å²) in [5, 5.41) is 2.91. The van der Waals surface area contributed by atoms with Gasteiger partial charge in [0, 0.05) is 49.5 Å². The third-order valence-electron chi connectivity index (χ3n) is 4.60. The van der Waals surface area contributed by atoms with Crippen LogP contribution in [0.5, 0.6) is 0 Å².